The van der Waals surface area contributed by atoms with Gasteiger partial charge >= 0.3 is 0 Å². The van der Waals surface area contributed by atoms with Crippen LogP contribution in [-0.4, -0.2) is 35.1 Å². The van der Waals surface area contributed by atoms with E-state index in [9.17, 15) is 0 Å². The number of aromatic nitrogens is 1. The van der Waals surface area contributed by atoms with Gasteiger partial charge in [-0.25, -0.2) is 0 Å². The third-order valence-corrected chi connectivity index (χ3v) is 4.01. The normalized spacial score (nSPS) is 23.7. The van der Waals surface area contributed by atoms with Crippen LogP contribution in [0.2, 0.25) is 0 Å². The van der Waals surface area contributed by atoms with Gasteiger partial charge in [-0.1, -0.05) is 6.07 Å². The topological polar surface area (TPSA) is 20.2 Å². The van der Waals surface area contributed by atoms with E-state index in [0.29, 0.717) is 12.1 Å². The third-order valence-electron chi connectivity index (χ3n) is 4.01. The van der Waals surface area contributed by atoms with Gasteiger partial charge in [0.05, 0.1) is 0 Å². The number of nitrogens with one attached hydrogen (secondary N) is 1. The molecule has 0 saturated carbocycles. The molecule has 100 valence electrons. The first kappa shape index (κ1) is 12.3. The van der Waals surface area contributed by atoms with Crippen LogP contribution in [0.4, 0.5) is 5.69 Å². The molecule has 2 aromatic rings. The van der Waals surface area contributed by atoms with Gasteiger partial charge in [0, 0.05) is 42.4 Å². The standard InChI is InChI=1S/C16H21N3/c1-13-10-15(12-18(13)2)17-14-6-5-7-16(11-14)19-8-3-4-9-19/h3-9,11,13,15,17H,10,12H2,1-2H3. The number of nitrogens with zero attached hydrogens (tertiary/aromatic N) is 2. The first-order valence-electron chi connectivity index (χ1n) is 6.92. The molecule has 19 heavy (non-hydrogen) atoms. The predicted octanol–water partition coefficient (Wildman–Crippen LogP) is 2.98. The fourth-order valence-corrected chi connectivity index (χ4v) is 2.80. The van der Waals surface area contributed by atoms with Crippen molar-refractivity contribution in [2.24, 2.45) is 0 Å². The number of benzene rings is 1. The van der Waals surface area contributed by atoms with Crippen LogP contribution >= 0.6 is 0 Å². The summed E-state index contributed by atoms with van der Waals surface area (Å²) in [4.78, 5) is 2.41. The average Bonchev–Trinajstić information content (AvgIpc) is 3.01. The van der Waals surface area contributed by atoms with Crippen LogP contribution < -0.4 is 5.32 Å². The first-order valence-corrected chi connectivity index (χ1v) is 6.92. The zero-order valence-electron chi connectivity index (χ0n) is 11.6. The van der Waals surface area contributed by atoms with E-state index < -0.39 is 0 Å². The summed E-state index contributed by atoms with van der Waals surface area (Å²) in [5.41, 5.74) is 2.41. The summed E-state index contributed by atoms with van der Waals surface area (Å²) in [5, 5.41) is 3.65. The molecular weight excluding hydrogens is 234 g/mol. The Morgan fingerprint density at radius 3 is 2.63 bits per heavy atom. The minimum absolute atomic E-state index is 0.555. The fraction of sp³-hybridized carbons (Fsp3) is 0.375. The van der Waals surface area contributed by atoms with Gasteiger partial charge in [0.2, 0.25) is 0 Å². The molecule has 1 saturated heterocycles. The van der Waals surface area contributed by atoms with Crippen LogP contribution in [-0.2, 0) is 0 Å². The van der Waals surface area contributed by atoms with Crippen molar-refractivity contribution in [3.05, 3.63) is 48.8 Å². The van der Waals surface area contributed by atoms with Crippen molar-refractivity contribution in [1.82, 2.24) is 9.47 Å². The lowest BCUT2D eigenvalue weighted by Crippen LogP contribution is -2.24. The minimum atomic E-state index is 0.555. The number of hydrogen-bond acceptors (Lipinski definition) is 2. The third kappa shape index (κ3) is 2.66. The van der Waals surface area contributed by atoms with Crippen molar-refractivity contribution in [3.63, 3.8) is 0 Å². The summed E-state index contributed by atoms with van der Waals surface area (Å²) in [6, 6.07) is 13.9. The van der Waals surface area contributed by atoms with Gasteiger partial charge in [0.1, 0.15) is 0 Å². The van der Waals surface area contributed by atoms with Crippen LogP contribution in [0, 0.1) is 0 Å². The number of anilines is 1. The maximum atomic E-state index is 3.65. The number of likely N-dealkylation sites (N-methyl/N-ethyl adjacent to an activating group) is 1. The van der Waals surface area contributed by atoms with Gasteiger partial charge in [-0.15, -0.1) is 0 Å². The molecule has 0 bridgehead atoms. The Bertz CT molecular complexity index is 523. The molecule has 2 heterocycles. The van der Waals surface area contributed by atoms with Crippen LogP contribution in [0.5, 0.6) is 0 Å². The van der Waals surface area contributed by atoms with Crippen molar-refractivity contribution < 1.29 is 0 Å². The van der Waals surface area contributed by atoms with Crippen molar-refractivity contribution >= 4 is 5.69 Å². The van der Waals surface area contributed by atoms with Gasteiger partial charge in [-0.05, 0) is 50.7 Å². The molecule has 1 aromatic heterocycles. The van der Waals surface area contributed by atoms with E-state index in [1.165, 1.54) is 17.8 Å². The Balaban J connectivity index is 1.74. The highest BCUT2D eigenvalue weighted by Gasteiger charge is 2.25. The summed E-state index contributed by atoms with van der Waals surface area (Å²) in [6.45, 7) is 3.41. The zero-order chi connectivity index (χ0) is 13.2. The summed E-state index contributed by atoms with van der Waals surface area (Å²) in [7, 11) is 2.20. The highest BCUT2D eigenvalue weighted by Crippen LogP contribution is 2.21. The molecule has 0 radical (unpaired) electrons. The molecular formula is C16H21N3. The van der Waals surface area contributed by atoms with Gasteiger partial charge in [0.15, 0.2) is 0 Å². The van der Waals surface area contributed by atoms with E-state index >= 15 is 0 Å². The Hall–Kier alpha value is -1.74. The van der Waals surface area contributed by atoms with Crippen LogP contribution in [0.3, 0.4) is 0 Å². The molecule has 1 aliphatic heterocycles. The van der Waals surface area contributed by atoms with Crippen LogP contribution in [0.25, 0.3) is 5.69 Å². The molecule has 3 rings (SSSR count). The van der Waals surface area contributed by atoms with E-state index in [0.717, 1.165) is 6.54 Å². The van der Waals surface area contributed by atoms with Crippen molar-refractivity contribution in [2.45, 2.75) is 25.4 Å². The first-order chi connectivity index (χ1) is 9.22. The van der Waals surface area contributed by atoms with E-state index in [4.69, 9.17) is 0 Å². The maximum absolute atomic E-state index is 3.65. The second-order valence-corrected chi connectivity index (χ2v) is 5.51. The molecule has 1 aromatic carbocycles. The maximum Gasteiger partial charge on any atom is 0.0469 e. The van der Waals surface area contributed by atoms with Crippen molar-refractivity contribution in [1.29, 1.82) is 0 Å². The monoisotopic (exact) mass is 255 g/mol. The van der Waals surface area contributed by atoms with Gasteiger partial charge in [0.25, 0.3) is 0 Å². The van der Waals surface area contributed by atoms with Crippen molar-refractivity contribution in [2.75, 3.05) is 18.9 Å². The smallest absolute Gasteiger partial charge is 0.0469 e. The lowest BCUT2D eigenvalue weighted by molar-refractivity contribution is 0.330. The lowest BCUT2D eigenvalue weighted by Gasteiger charge is -2.15. The Morgan fingerprint density at radius 2 is 1.95 bits per heavy atom. The molecule has 1 N–H and O–H groups in total. The summed E-state index contributed by atoms with van der Waals surface area (Å²) < 4.78 is 2.13. The van der Waals surface area contributed by atoms with E-state index in [2.05, 4.69) is 65.4 Å². The Labute approximate surface area is 114 Å². The number of rotatable bonds is 3. The SMILES string of the molecule is CC1CC(Nc2cccc(-n3cccc3)c2)CN1C. The largest absolute Gasteiger partial charge is 0.381 e. The second kappa shape index (κ2) is 5.10. The van der Waals surface area contributed by atoms with Crippen LogP contribution in [0.15, 0.2) is 48.8 Å². The minimum Gasteiger partial charge on any atom is -0.381 e. The molecule has 3 heteroatoms. The van der Waals surface area contributed by atoms with Crippen molar-refractivity contribution in [3.8, 4) is 5.69 Å². The molecule has 0 aliphatic carbocycles. The zero-order valence-corrected chi connectivity index (χ0v) is 11.6. The molecule has 2 atom stereocenters. The highest BCUT2D eigenvalue weighted by atomic mass is 15.2. The number of hydrogen-bond donors (Lipinski definition) is 1. The second-order valence-electron chi connectivity index (χ2n) is 5.51. The molecule has 1 aliphatic rings. The summed E-state index contributed by atoms with van der Waals surface area (Å²) >= 11 is 0. The molecule has 0 amide bonds. The highest BCUT2D eigenvalue weighted by molar-refractivity contribution is 5.52. The van der Waals surface area contributed by atoms with Gasteiger partial charge in [-0.2, -0.15) is 0 Å². The number of likely N-dealkylation sites (tertiary alicyclic amines) is 1. The lowest BCUT2D eigenvalue weighted by atomic mass is 10.2. The molecule has 2 unspecified atom stereocenters. The predicted molar refractivity (Wildman–Crippen MR) is 79.9 cm³/mol. The Kier molecular flexibility index (Phi) is 3.30. The average molecular weight is 255 g/mol. The Morgan fingerprint density at radius 1 is 1.16 bits per heavy atom. The molecule has 0 spiro atoms. The van der Waals surface area contributed by atoms with E-state index in [-0.39, 0.29) is 0 Å². The van der Waals surface area contributed by atoms with E-state index in [1.54, 1.807) is 0 Å². The fourth-order valence-electron chi connectivity index (χ4n) is 2.80. The summed E-state index contributed by atoms with van der Waals surface area (Å²) in [5.74, 6) is 0. The van der Waals surface area contributed by atoms with Crippen LogP contribution in [0.1, 0.15) is 13.3 Å². The quantitative estimate of drug-likeness (QED) is 0.910. The van der Waals surface area contributed by atoms with E-state index in [1.807, 2.05) is 12.1 Å². The summed E-state index contributed by atoms with van der Waals surface area (Å²) in [6.07, 6.45) is 5.36. The van der Waals surface area contributed by atoms with Gasteiger partial charge in [-0.3, -0.25) is 0 Å². The molecule has 1 fully saturated rings. The molecule has 3 nitrogen and oxygen atoms in total. The van der Waals surface area contributed by atoms with Gasteiger partial charge < -0.3 is 14.8 Å².